The van der Waals surface area contributed by atoms with Crippen LogP contribution in [-0.2, 0) is 0 Å². The van der Waals surface area contributed by atoms with E-state index in [0.29, 0.717) is 0 Å². The van der Waals surface area contributed by atoms with Gasteiger partial charge < -0.3 is 0 Å². The fourth-order valence-corrected chi connectivity index (χ4v) is 13.9. The second kappa shape index (κ2) is 31.6. The van der Waals surface area contributed by atoms with Crippen molar-refractivity contribution in [1.29, 1.82) is 0 Å². The molecule has 0 unspecified atom stereocenters. The van der Waals surface area contributed by atoms with Crippen molar-refractivity contribution in [1.82, 2.24) is 0 Å². The third-order valence-electron chi connectivity index (χ3n) is 8.57. The largest absolute Gasteiger partial charge is 0.117 e. The normalized spacial score (nSPS) is 15.0. The zero-order valence-electron chi connectivity index (χ0n) is 28.8. The van der Waals surface area contributed by atoms with E-state index >= 15 is 0 Å². The Kier molecular flexibility index (Phi) is 29.8. The second-order valence-electron chi connectivity index (χ2n) is 12.8. The fraction of sp³-hybridized carbons (Fsp3) is 0.842. The predicted molar refractivity (Wildman–Crippen MR) is 219 cm³/mol. The van der Waals surface area contributed by atoms with Crippen LogP contribution >= 0.6 is 70.6 Å². The van der Waals surface area contributed by atoms with Crippen LogP contribution in [0.15, 0.2) is 27.8 Å². The average Bonchev–Trinajstić information content (AvgIpc) is 3.72. The van der Waals surface area contributed by atoms with E-state index in [0.717, 1.165) is 0 Å². The molecule has 0 aliphatic carbocycles. The van der Waals surface area contributed by atoms with E-state index in [2.05, 4.69) is 71.7 Å². The molecule has 0 fully saturated rings. The quantitative estimate of drug-likeness (QED) is 0.0631. The number of thioether (sulfide) groups is 6. The summed E-state index contributed by atoms with van der Waals surface area (Å²) in [6, 6.07) is 0. The summed E-state index contributed by atoms with van der Waals surface area (Å²) in [4.78, 5) is 0. The maximum Gasteiger partial charge on any atom is 0.0717 e. The maximum atomic E-state index is 2.31. The van der Waals surface area contributed by atoms with E-state index in [4.69, 9.17) is 0 Å². The van der Waals surface area contributed by atoms with Crippen LogP contribution in [-0.4, -0.2) is 11.5 Å². The molecule has 0 aromatic heterocycles. The number of rotatable bonds is 32. The zero-order chi connectivity index (χ0) is 31.2. The molecule has 44 heavy (non-hydrogen) atoms. The lowest BCUT2D eigenvalue weighted by Gasteiger charge is -2.06. The molecule has 256 valence electrons. The van der Waals surface area contributed by atoms with Gasteiger partial charge in [-0.3, -0.25) is 0 Å². The van der Waals surface area contributed by atoms with Crippen molar-refractivity contribution in [2.24, 2.45) is 0 Å². The molecule has 0 aromatic rings. The number of unbranched alkanes of at least 4 members (excludes halogenated alkanes) is 26. The highest BCUT2D eigenvalue weighted by atomic mass is 32.3. The molecule has 0 atom stereocenters. The van der Waals surface area contributed by atoms with E-state index in [1.165, 1.54) is 200 Å². The van der Waals surface area contributed by atoms with Crippen molar-refractivity contribution >= 4 is 70.6 Å². The third kappa shape index (κ3) is 22.8. The van der Waals surface area contributed by atoms with E-state index in [9.17, 15) is 0 Å². The molecule has 2 rings (SSSR count). The van der Waals surface area contributed by atoms with Crippen LogP contribution in [0.25, 0.3) is 0 Å². The highest BCUT2D eigenvalue weighted by Gasteiger charge is 2.25. The number of hydrogen-bond acceptors (Lipinski definition) is 6. The van der Waals surface area contributed by atoms with Crippen molar-refractivity contribution < 1.29 is 0 Å². The van der Waals surface area contributed by atoms with E-state index in [1.54, 1.807) is 8.47 Å². The topological polar surface area (TPSA) is 0 Å². The summed E-state index contributed by atoms with van der Waals surface area (Å²) >= 11 is 12.3. The van der Waals surface area contributed by atoms with Gasteiger partial charge in [-0.25, -0.2) is 0 Å². The first-order valence-corrected chi connectivity index (χ1v) is 24.3. The van der Waals surface area contributed by atoms with Crippen LogP contribution in [0, 0.1) is 0 Å². The van der Waals surface area contributed by atoms with Gasteiger partial charge in [0, 0.05) is 0 Å². The van der Waals surface area contributed by atoms with Crippen molar-refractivity contribution in [2.45, 2.75) is 194 Å². The Balaban J connectivity index is 1.48. The van der Waals surface area contributed by atoms with Crippen molar-refractivity contribution in [3.05, 3.63) is 27.8 Å². The molecule has 2 heterocycles. The highest BCUT2D eigenvalue weighted by molar-refractivity contribution is 8.42. The Labute approximate surface area is 301 Å². The lowest BCUT2D eigenvalue weighted by Crippen LogP contribution is -1.85. The molecule has 2 aliphatic rings. The molecule has 0 saturated heterocycles. The van der Waals surface area contributed by atoms with Gasteiger partial charge in [0.2, 0.25) is 0 Å². The molecule has 0 amide bonds. The van der Waals surface area contributed by atoms with E-state index < -0.39 is 0 Å². The molecule has 0 bridgehead atoms. The summed E-state index contributed by atoms with van der Waals surface area (Å²) < 4.78 is 6.25. The zero-order valence-corrected chi connectivity index (χ0v) is 33.7. The van der Waals surface area contributed by atoms with Gasteiger partial charge in [-0.15, -0.1) is 23.5 Å². The molecule has 0 saturated carbocycles. The first kappa shape index (κ1) is 41.5. The summed E-state index contributed by atoms with van der Waals surface area (Å²) in [6.07, 6.45) is 40.4. The molecule has 0 radical (unpaired) electrons. The van der Waals surface area contributed by atoms with Gasteiger partial charge in [-0.2, -0.15) is 0 Å². The Bertz CT molecular complexity index is 700. The molecular weight excluding hydrogens is 649 g/mol. The van der Waals surface area contributed by atoms with Crippen LogP contribution < -0.4 is 0 Å². The number of hydrogen-bond donors (Lipinski definition) is 0. The van der Waals surface area contributed by atoms with Gasteiger partial charge in [-0.05, 0) is 35.2 Å². The molecule has 0 aromatic carbocycles. The SMILES string of the molecule is CCCCCCCCCCCCCCCCSC1=C(SCCCCCCCCCCCCCCCC)SC(=C2SC=CS2)S1. The van der Waals surface area contributed by atoms with Crippen molar-refractivity contribution in [2.75, 3.05) is 11.5 Å². The van der Waals surface area contributed by atoms with Crippen LogP contribution in [0.1, 0.15) is 194 Å². The van der Waals surface area contributed by atoms with Crippen LogP contribution in [0.5, 0.6) is 0 Å². The standard InChI is InChI=1S/C38H68S6/c1-3-5-7-9-11-13-15-17-19-21-23-25-27-29-31-39-36-37(44-38(43-36)35-41-33-34-42-35)40-32-30-28-26-24-22-20-18-16-14-12-10-8-6-4-2/h33-34H,3-32H2,1-2H3. The van der Waals surface area contributed by atoms with E-state index in [-0.39, 0.29) is 0 Å². The summed E-state index contributed by atoms with van der Waals surface area (Å²) in [5.74, 6) is 2.59. The Morgan fingerprint density at radius 2 is 0.636 bits per heavy atom. The Hall–Kier alpha value is 1.32. The van der Waals surface area contributed by atoms with Gasteiger partial charge in [0.05, 0.1) is 16.9 Å². The summed E-state index contributed by atoms with van der Waals surface area (Å²) in [5.41, 5.74) is 0. The highest BCUT2D eigenvalue weighted by Crippen LogP contribution is 2.61. The summed E-state index contributed by atoms with van der Waals surface area (Å²) in [7, 11) is 0. The van der Waals surface area contributed by atoms with Gasteiger partial charge in [0.15, 0.2) is 0 Å². The third-order valence-corrected chi connectivity index (χ3v) is 16.9. The molecular formula is C38H68S6. The average molecular weight is 717 g/mol. The lowest BCUT2D eigenvalue weighted by atomic mass is 10.0. The van der Waals surface area contributed by atoms with Crippen LogP contribution in [0.2, 0.25) is 0 Å². The van der Waals surface area contributed by atoms with Crippen molar-refractivity contribution in [3.63, 3.8) is 0 Å². The minimum absolute atomic E-state index is 1.30. The molecule has 2 aliphatic heterocycles. The van der Waals surface area contributed by atoms with Gasteiger partial charge >= 0.3 is 0 Å². The summed E-state index contributed by atoms with van der Waals surface area (Å²) in [5, 5.41) is 4.49. The lowest BCUT2D eigenvalue weighted by molar-refractivity contribution is 0.538. The monoisotopic (exact) mass is 716 g/mol. The molecule has 0 N–H and O–H groups in total. The molecule has 0 nitrogen and oxygen atoms in total. The first-order chi connectivity index (χ1) is 21.8. The first-order valence-electron chi connectivity index (χ1n) is 18.9. The van der Waals surface area contributed by atoms with Gasteiger partial charge in [0.25, 0.3) is 0 Å². The smallest absolute Gasteiger partial charge is 0.0717 e. The van der Waals surface area contributed by atoms with Gasteiger partial charge in [0.1, 0.15) is 0 Å². The van der Waals surface area contributed by atoms with E-state index in [1.807, 2.05) is 23.5 Å². The van der Waals surface area contributed by atoms with Crippen LogP contribution in [0.4, 0.5) is 0 Å². The summed E-state index contributed by atoms with van der Waals surface area (Å²) in [6.45, 7) is 4.62. The minimum atomic E-state index is 1.30. The Morgan fingerprint density at radius 3 is 0.932 bits per heavy atom. The van der Waals surface area contributed by atoms with Crippen LogP contribution in [0.3, 0.4) is 0 Å². The fourth-order valence-electron chi connectivity index (χ4n) is 5.76. The second-order valence-corrected chi connectivity index (χ2v) is 19.9. The maximum absolute atomic E-state index is 2.31. The molecule has 0 spiro atoms. The molecule has 6 heteroatoms. The van der Waals surface area contributed by atoms with Gasteiger partial charge in [-0.1, -0.05) is 228 Å². The van der Waals surface area contributed by atoms with Crippen molar-refractivity contribution in [3.8, 4) is 0 Å². The minimum Gasteiger partial charge on any atom is -0.117 e. The Morgan fingerprint density at radius 1 is 0.364 bits per heavy atom. The predicted octanol–water partition coefficient (Wildman–Crippen LogP) is 17.1.